The maximum Gasteiger partial charge on any atom is 0.261 e. The van der Waals surface area contributed by atoms with E-state index in [9.17, 15) is 9.18 Å². The molecule has 0 saturated carbocycles. The fourth-order valence-corrected chi connectivity index (χ4v) is 3.04. The first kappa shape index (κ1) is 21.0. The molecular weight excluding hydrogens is 371 g/mol. The zero-order valence-electron chi connectivity index (χ0n) is 15.2. The molecule has 146 valence electrons. The van der Waals surface area contributed by atoms with Crippen molar-refractivity contribution >= 4 is 18.3 Å². The van der Waals surface area contributed by atoms with Crippen LogP contribution in [-0.4, -0.2) is 43.7 Å². The molecule has 1 N–H and O–H groups in total. The summed E-state index contributed by atoms with van der Waals surface area (Å²) in [5, 5.41) is 3.26. The van der Waals surface area contributed by atoms with Crippen LogP contribution in [0.5, 0.6) is 11.5 Å². The predicted molar refractivity (Wildman–Crippen MR) is 104 cm³/mol. The van der Waals surface area contributed by atoms with Crippen molar-refractivity contribution in [2.45, 2.75) is 13.0 Å². The molecule has 0 aliphatic carbocycles. The van der Waals surface area contributed by atoms with Crippen LogP contribution >= 0.6 is 12.4 Å². The van der Waals surface area contributed by atoms with Gasteiger partial charge in [-0.3, -0.25) is 4.79 Å². The Bertz CT molecular complexity index is 742. The number of amides is 1. The second-order valence-corrected chi connectivity index (χ2v) is 6.06. The second kappa shape index (κ2) is 10.1. The number of nitrogens with one attached hydrogen (secondary N) is 1. The third kappa shape index (κ3) is 5.58. The molecule has 1 amide bonds. The van der Waals surface area contributed by atoms with Gasteiger partial charge in [-0.05, 0) is 48.9 Å². The first-order valence-corrected chi connectivity index (χ1v) is 8.78. The third-order valence-electron chi connectivity index (χ3n) is 4.29. The lowest BCUT2D eigenvalue weighted by Crippen LogP contribution is -2.50. The predicted octanol–water partition coefficient (Wildman–Crippen LogP) is 3.20. The van der Waals surface area contributed by atoms with Crippen molar-refractivity contribution in [3.05, 3.63) is 59.9 Å². The number of carbonyl (C=O) groups excluding carboxylic acids is 1. The standard InChI is InChI=1S/C20H23FN2O3.ClH/c1-2-25-17-6-8-18(9-7-17)26-14-20(24)23-11-10-22-13-19(23)15-4-3-5-16(21)12-15;/h3-9,12,19,22H,2,10-11,13-14H2,1H3;1H. The van der Waals surface area contributed by atoms with Gasteiger partial charge in [0.15, 0.2) is 6.61 Å². The number of hydrogen-bond donors (Lipinski definition) is 1. The van der Waals surface area contributed by atoms with Gasteiger partial charge in [-0.1, -0.05) is 12.1 Å². The van der Waals surface area contributed by atoms with E-state index < -0.39 is 0 Å². The molecule has 1 saturated heterocycles. The number of ether oxygens (including phenoxy) is 2. The normalized spacial score (nSPS) is 16.4. The highest BCUT2D eigenvalue weighted by Crippen LogP contribution is 2.23. The van der Waals surface area contributed by atoms with Crippen molar-refractivity contribution in [1.82, 2.24) is 10.2 Å². The minimum atomic E-state index is -0.300. The summed E-state index contributed by atoms with van der Waals surface area (Å²) >= 11 is 0. The van der Waals surface area contributed by atoms with E-state index in [1.807, 2.05) is 25.1 Å². The molecule has 0 radical (unpaired) electrons. The minimum Gasteiger partial charge on any atom is -0.494 e. The van der Waals surface area contributed by atoms with Gasteiger partial charge in [0.25, 0.3) is 5.91 Å². The fourth-order valence-electron chi connectivity index (χ4n) is 3.04. The van der Waals surface area contributed by atoms with Gasteiger partial charge >= 0.3 is 0 Å². The first-order valence-electron chi connectivity index (χ1n) is 8.78. The Hall–Kier alpha value is -2.31. The van der Waals surface area contributed by atoms with Crippen molar-refractivity contribution in [1.29, 1.82) is 0 Å². The maximum atomic E-state index is 13.5. The van der Waals surface area contributed by atoms with E-state index in [0.29, 0.717) is 32.0 Å². The molecule has 27 heavy (non-hydrogen) atoms. The summed E-state index contributed by atoms with van der Waals surface area (Å²) in [7, 11) is 0. The number of halogens is 2. The van der Waals surface area contributed by atoms with Gasteiger partial charge in [-0.2, -0.15) is 0 Å². The lowest BCUT2D eigenvalue weighted by Gasteiger charge is -2.36. The van der Waals surface area contributed by atoms with Crippen LogP contribution in [-0.2, 0) is 4.79 Å². The van der Waals surface area contributed by atoms with Gasteiger partial charge in [0.1, 0.15) is 17.3 Å². The van der Waals surface area contributed by atoms with Crippen molar-refractivity contribution in [3.63, 3.8) is 0 Å². The Morgan fingerprint density at radius 2 is 1.89 bits per heavy atom. The van der Waals surface area contributed by atoms with E-state index in [1.54, 1.807) is 23.1 Å². The summed E-state index contributed by atoms with van der Waals surface area (Å²) in [5.74, 6) is 0.958. The molecule has 0 bridgehead atoms. The minimum absolute atomic E-state index is 0. The number of carbonyl (C=O) groups is 1. The molecule has 0 aromatic heterocycles. The van der Waals surface area contributed by atoms with Crippen molar-refractivity contribution in [2.75, 3.05) is 32.8 Å². The molecule has 1 atom stereocenters. The number of benzene rings is 2. The molecule has 0 spiro atoms. The first-order chi connectivity index (χ1) is 12.7. The summed E-state index contributed by atoms with van der Waals surface area (Å²) in [6, 6.07) is 13.4. The van der Waals surface area contributed by atoms with Gasteiger partial charge in [0, 0.05) is 19.6 Å². The second-order valence-electron chi connectivity index (χ2n) is 6.06. The monoisotopic (exact) mass is 394 g/mol. The molecule has 2 aromatic carbocycles. The number of nitrogens with zero attached hydrogens (tertiary/aromatic N) is 1. The lowest BCUT2D eigenvalue weighted by atomic mass is 10.0. The molecule has 7 heteroatoms. The van der Waals surface area contributed by atoms with E-state index in [1.165, 1.54) is 12.1 Å². The van der Waals surface area contributed by atoms with Crippen molar-refractivity contribution < 1.29 is 18.7 Å². The largest absolute Gasteiger partial charge is 0.494 e. The Morgan fingerprint density at radius 3 is 2.56 bits per heavy atom. The lowest BCUT2D eigenvalue weighted by molar-refractivity contribution is -0.136. The molecule has 1 aliphatic rings. The van der Waals surface area contributed by atoms with Crippen LogP contribution in [0.15, 0.2) is 48.5 Å². The van der Waals surface area contributed by atoms with Crippen molar-refractivity contribution in [3.8, 4) is 11.5 Å². The van der Waals surface area contributed by atoms with Gasteiger partial charge in [0.2, 0.25) is 0 Å². The zero-order valence-corrected chi connectivity index (χ0v) is 16.0. The average Bonchev–Trinajstić information content (AvgIpc) is 2.67. The summed E-state index contributed by atoms with van der Waals surface area (Å²) in [6.07, 6.45) is 0. The van der Waals surface area contributed by atoms with E-state index in [0.717, 1.165) is 11.3 Å². The maximum absolute atomic E-state index is 13.5. The quantitative estimate of drug-likeness (QED) is 0.817. The molecule has 3 rings (SSSR count). The Morgan fingerprint density at radius 1 is 1.19 bits per heavy atom. The van der Waals surface area contributed by atoms with Gasteiger partial charge in [0.05, 0.1) is 12.6 Å². The van der Waals surface area contributed by atoms with E-state index in [2.05, 4.69) is 5.32 Å². The summed E-state index contributed by atoms with van der Waals surface area (Å²) in [5.41, 5.74) is 0.784. The average molecular weight is 395 g/mol. The van der Waals surface area contributed by atoms with Crippen LogP contribution in [0.1, 0.15) is 18.5 Å². The summed E-state index contributed by atoms with van der Waals surface area (Å²) < 4.78 is 24.6. The molecule has 2 aromatic rings. The van der Waals surface area contributed by atoms with E-state index >= 15 is 0 Å². The van der Waals surface area contributed by atoms with Crippen LogP contribution in [0, 0.1) is 5.82 Å². The Labute approximate surface area is 164 Å². The molecule has 5 nitrogen and oxygen atoms in total. The topological polar surface area (TPSA) is 50.8 Å². The Balaban J connectivity index is 0.00000261. The highest BCUT2D eigenvalue weighted by molar-refractivity contribution is 5.85. The molecule has 1 aliphatic heterocycles. The van der Waals surface area contributed by atoms with Crippen LogP contribution in [0.3, 0.4) is 0 Å². The van der Waals surface area contributed by atoms with Crippen LogP contribution in [0.25, 0.3) is 0 Å². The van der Waals surface area contributed by atoms with Crippen LogP contribution < -0.4 is 14.8 Å². The summed E-state index contributed by atoms with van der Waals surface area (Å²) in [6.45, 7) is 4.33. The summed E-state index contributed by atoms with van der Waals surface area (Å²) in [4.78, 5) is 14.4. The smallest absolute Gasteiger partial charge is 0.261 e. The van der Waals surface area contributed by atoms with Crippen molar-refractivity contribution in [2.24, 2.45) is 0 Å². The molecule has 1 unspecified atom stereocenters. The van der Waals surface area contributed by atoms with E-state index in [4.69, 9.17) is 9.47 Å². The zero-order chi connectivity index (χ0) is 18.4. The Kier molecular flexibility index (Phi) is 7.88. The van der Waals surface area contributed by atoms with Gasteiger partial charge in [-0.15, -0.1) is 12.4 Å². The van der Waals surface area contributed by atoms with Gasteiger partial charge in [-0.25, -0.2) is 4.39 Å². The molecule has 1 heterocycles. The SMILES string of the molecule is CCOc1ccc(OCC(=O)N2CCNCC2c2cccc(F)c2)cc1.Cl. The third-order valence-corrected chi connectivity index (χ3v) is 4.29. The highest BCUT2D eigenvalue weighted by Gasteiger charge is 2.28. The number of piperazine rings is 1. The molecule has 1 fully saturated rings. The van der Waals surface area contributed by atoms with Crippen LogP contribution in [0.2, 0.25) is 0 Å². The van der Waals surface area contributed by atoms with Gasteiger partial charge < -0.3 is 19.7 Å². The fraction of sp³-hybridized carbons (Fsp3) is 0.350. The number of hydrogen-bond acceptors (Lipinski definition) is 4. The van der Waals surface area contributed by atoms with E-state index in [-0.39, 0.29) is 36.8 Å². The highest BCUT2D eigenvalue weighted by atomic mass is 35.5. The number of rotatable bonds is 6. The van der Waals surface area contributed by atoms with Crippen LogP contribution in [0.4, 0.5) is 4.39 Å². The molecular formula is C20H24ClFN2O3.